The minimum atomic E-state index is -3.06. The van der Waals surface area contributed by atoms with Crippen LogP contribution in [-0.4, -0.2) is 24.2 Å². The van der Waals surface area contributed by atoms with Crippen LogP contribution in [0.5, 0.6) is 11.5 Å². The summed E-state index contributed by atoms with van der Waals surface area (Å²) in [5.41, 5.74) is 0.102. The molecule has 3 aromatic carbocycles. The maximum Gasteiger partial charge on any atom is 0.387 e. The van der Waals surface area contributed by atoms with Gasteiger partial charge in [0.15, 0.2) is 5.57 Å². The van der Waals surface area contributed by atoms with Gasteiger partial charge in [-0.3, -0.25) is 14.2 Å². The zero-order valence-electron chi connectivity index (χ0n) is 19.7. The van der Waals surface area contributed by atoms with Crippen molar-refractivity contribution >= 4 is 46.2 Å². The van der Waals surface area contributed by atoms with Gasteiger partial charge in [-0.25, -0.2) is 0 Å². The molecule has 0 bridgehead atoms. The second-order valence-corrected chi connectivity index (χ2v) is 9.09. The van der Waals surface area contributed by atoms with Crippen LogP contribution >= 0.6 is 22.9 Å². The number of anilines is 1. The van der Waals surface area contributed by atoms with Gasteiger partial charge < -0.3 is 14.8 Å². The summed E-state index contributed by atoms with van der Waals surface area (Å²) in [6.07, 6.45) is 1.38. The first-order valence-corrected chi connectivity index (χ1v) is 12.1. The molecule has 0 unspecified atom stereocenters. The molecule has 0 aliphatic heterocycles. The molecule has 0 saturated heterocycles. The first-order chi connectivity index (χ1) is 18.3. The summed E-state index contributed by atoms with van der Waals surface area (Å²) < 4.78 is 36.9. The van der Waals surface area contributed by atoms with Gasteiger partial charge >= 0.3 is 6.61 Å². The number of hydrogen-bond acceptors (Lipinski definition) is 6. The van der Waals surface area contributed by atoms with E-state index in [9.17, 15) is 23.6 Å². The van der Waals surface area contributed by atoms with Gasteiger partial charge in [-0.2, -0.15) is 14.0 Å². The standard InChI is InChI=1S/C27H18ClF2N3O4S/c1-36-20-12-10-19(11-13-20)33-25(35)23(14-16-4-2-3-5-22(16)37-27(29)30)38-26(33)21(15-31)24(34)32-18-8-6-17(28)7-9-18/h2-14,27H,1H3,(H,32,34)/b23-14+,26-21-. The van der Waals surface area contributed by atoms with E-state index in [2.05, 4.69) is 10.1 Å². The summed E-state index contributed by atoms with van der Waals surface area (Å²) in [6, 6.07) is 20.6. The van der Waals surface area contributed by atoms with Crippen LogP contribution in [0.2, 0.25) is 5.02 Å². The molecule has 1 heterocycles. The summed E-state index contributed by atoms with van der Waals surface area (Å²) >= 11 is 6.77. The smallest absolute Gasteiger partial charge is 0.387 e. The highest BCUT2D eigenvalue weighted by Crippen LogP contribution is 2.21. The van der Waals surface area contributed by atoms with E-state index in [0.29, 0.717) is 22.1 Å². The van der Waals surface area contributed by atoms with Crippen molar-refractivity contribution < 1.29 is 23.0 Å². The molecule has 1 aromatic heterocycles. The first-order valence-electron chi connectivity index (χ1n) is 10.9. The van der Waals surface area contributed by atoms with Gasteiger partial charge in [0, 0.05) is 16.3 Å². The minimum Gasteiger partial charge on any atom is -0.497 e. The zero-order valence-corrected chi connectivity index (χ0v) is 21.2. The summed E-state index contributed by atoms with van der Waals surface area (Å²) in [6.45, 7) is -3.06. The molecule has 4 rings (SSSR count). The Hall–Kier alpha value is -4.46. The largest absolute Gasteiger partial charge is 0.497 e. The molecule has 0 atom stereocenters. The maximum absolute atomic E-state index is 13.6. The monoisotopic (exact) mass is 553 g/mol. The predicted molar refractivity (Wildman–Crippen MR) is 141 cm³/mol. The fourth-order valence-electron chi connectivity index (χ4n) is 3.48. The van der Waals surface area contributed by atoms with Crippen molar-refractivity contribution in [3.8, 4) is 23.3 Å². The lowest BCUT2D eigenvalue weighted by molar-refractivity contribution is -0.111. The molecule has 192 valence electrons. The van der Waals surface area contributed by atoms with Crippen LogP contribution in [0.15, 0.2) is 77.6 Å². The number of amides is 1. The number of para-hydroxylation sites is 1. The van der Waals surface area contributed by atoms with Gasteiger partial charge in [-0.1, -0.05) is 29.8 Å². The number of hydrogen-bond donors (Lipinski definition) is 1. The lowest BCUT2D eigenvalue weighted by Gasteiger charge is -2.07. The van der Waals surface area contributed by atoms with E-state index in [4.69, 9.17) is 16.3 Å². The summed E-state index contributed by atoms with van der Waals surface area (Å²) in [7, 11) is 1.49. The van der Waals surface area contributed by atoms with Crippen molar-refractivity contribution in [3.63, 3.8) is 0 Å². The molecule has 4 aromatic rings. The number of aromatic nitrogens is 1. The van der Waals surface area contributed by atoms with Crippen molar-refractivity contribution in [1.82, 2.24) is 4.57 Å². The van der Waals surface area contributed by atoms with E-state index in [-0.39, 0.29) is 26.1 Å². The number of methoxy groups -OCH3 is 1. The number of benzene rings is 3. The van der Waals surface area contributed by atoms with Crippen LogP contribution < -0.4 is 29.5 Å². The quantitative estimate of drug-likeness (QED) is 0.368. The SMILES string of the molecule is COc1ccc(-n2c(=O)/c(=C\c3ccccc3OC(F)F)s/c2=C(/C#N)C(=O)Nc2ccc(Cl)cc2)cc1. The van der Waals surface area contributed by atoms with Crippen LogP contribution in [0.25, 0.3) is 17.3 Å². The van der Waals surface area contributed by atoms with E-state index < -0.39 is 18.1 Å². The Morgan fingerprint density at radius 1 is 1.11 bits per heavy atom. The van der Waals surface area contributed by atoms with Crippen LogP contribution in [0.4, 0.5) is 14.5 Å². The molecule has 1 N–H and O–H groups in total. The Morgan fingerprint density at radius 3 is 2.42 bits per heavy atom. The fourth-order valence-corrected chi connectivity index (χ4v) is 4.70. The third kappa shape index (κ3) is 5.91. The molecule has 0 saturated carbocycles. The number of carbonyl (C=O) groups is 1. The Morgan fingerprint density at radius 2 is 1.79 bits per heavy atom. The Kier molecular flexibility index (Phi) is 8.21. The number of nitrogens with one attached hydrogen (secondary N) is 1. The van der Waals surface area contributed by atoms with Crippen LogP contribution in [0.3, 0.4) is 0 Å². The highest BCUT2D eigenvalue weighted by Gasteiger charge is 2.18. The Labute approximate surface area is 224 Å². The maximum atomic E-state index is 13.6. The third-order valence-corrected chi connectivity index (χ3v) is 6.58. The lowest BCUT2D eigenvalue weighted by atomic mass is 10.2. The number of ether oxygens (including phenoxy) is 2. The molecule has 0 fully saturated rings. The number of nitrogens with zero attached hydrogens (tertiary/aromatic N) is 2. The summed E-state index contributed by atoms with van der Waals surface area (Å²) in [4.78, 5) is 26.7. The summed E-state index contributed by atoms with van der Waals surface area (Å²) in [5.74, 6) is -0.336. The normalized spacial score (nSPS) is 12.2. The van der Waals surface area contributed by atoms with Crippen molar-refractivity contribution in [3.05, 3.63) is 103 Å². The van der Waals surface area contributed by atoms with Crippen LogP contribution in [-0.2, 0) is 4.79 Å². The molecule has 11 heteroatoms. The number of nitriles is 1. The molecule has 7 nitrogen and oxygen atoms in total. The molecule has 38 heavy (non-hydrogen) atoms. The summed E-state index contributed by atoms with van der Waals surface area (Å²) in [5, 5.41) is 13.0. The molecule has 1 amide bonds. The van der Waals surface area contributed by atoms with Gasteiger partial charge in [-0.15, -0.1) is 11.3 Å². The van der Waals surface area contributed by atoms with Gasteiger partial charge in [0.1, 0.15) is 22.2 Å². The molecular weight excluding hydrogens is 536 g/mol. The highest BCUT2D eigenvalue weighted by atomic mass is 35.5. The zero-order chi connectivity index (χ0) is 27.2. The number of alkyl halides is 2. The van der Waals surface area contributed by atoms with Crippen molar-refractivity contribution in [2.45, 2.75) is 6.61 Å². The van der Waals surface area contributed by atoms with E-state index in [1.54, 1.807) is 54.6 Å². The average molecular weight is 554 g/mol. The Balaban J connectivity index is 1.95. The van der Waals surface area contributed by atoms with E-state index in [0.717, 1.165) is 11.3 Å². The van der Waals surface area contributed by atoms with Crippen molar-refractivity contribution in [2.75, 3.05) is 12.4 Å². The van der Waals surface area contributed by atoms with Crippen molar-refractivity contribution in [1.29, 1.82) is 5.26 Å². The van der Waals surface area contributed by atoms with E-state index in [1.807, 2.05) is 6.07 Å². The average Bonchev–Trinajstić information content (AvgIpc) is 3.22. The number of thiazole rings is 1. The molecule has 0 radical (unpaired) electrons. The molecule has 0 aliphatic carbocycles. The lowest BCUT2D eigenvalue weighted by Crippen LogP contribution is -2.32. The Bertz CT molecular complexity index is 1690. The number of rotatable bonds is 7. The van der Waals surface area contributed by atoms with Gasteiger partial charge in [0.2, 0.25) is 0 Å². The number of carbonyl (C=O) groups excluding carboxylic acids is 1. The van der Waals surface area contributed by atoms with Gasteiger partial charge in [0.05, 0.1) is 17.3 Å². The van der Waals surface area contributed by atoms with Gasteiger partial charge in [0.25, 0.3) is 11.5 Å². The van der Waals surface area contributed by atoms with E-state index in [1.165, 1.54) is 36.0 Å². The number of halogens is 3. The van der Waals surface area contributed by atoms with Gasteiger partial charge in [-0.05, 0) is 60.7 Å². The molecule has 0 aliphatic rings. The molecule has 0 spiro atoms. The van der Waals surface area contributed by atoms with Crippen LogP contribution in [0.1, 0.15) is 5.56 Å². The van der Waals surface area contributed by atoms with Crippen molar-refractivity contribution in [2.24, 2.45) is 0 Å². The second kappa shape index (κ2) is 11.7. The first kappa shape index (κ1) is 26.6. The minimum absolute atomic E-state index is 0.0487. The second-order valence-electron chi connectivity index (χ2n) is 7.62. The third-order valence-electron chi connectivity index (χ3n) is 5.23. The highest BCUT2D eigenvalue weighted by molar-refractivity contribution is 7.07. The fraction of sp³-hybridized carbons (Fsp3) is 0.0741. The van der Waals surface area contributed by atoms with E-state index >= 15 is 0 Å². The predicted octanol–water partition coefficient (Wildman–Crippen LogP) is 4.30. The molecular formula is C27H18ClF2N3O4S. The van der Waals surface area contributed by atoms with Crippen LogP contribution in [0, 0.1) is 11.3 Å². The topological polar surface area (TPSA) is 93.3 Å².